The van der Waals surface area contributed by atoms with Crippen molar-refractivity contribution in [2.75, 3.05) is 5.73 Å². The van der Waals surface area contributed by atoms with Crippen molar-refractivity contribution in [1.29, 1.82) is 0 Å². The van der Waals surface area contributed by atoms with Gasteiger partial charge in [-0.3, -0.25) is 0 Å². The molecule has 1 heterocycles. The molecule has 21 heavy (non-hydrogen) atoms. The molecule has 1 aromatic heterocycles. The number of nitrogens with two attached hydrogens (primary N) is 1. The number of benzene rings is 2. The topological polar surface area (TPSA) is 43.8 Å². The Morgan fingerprint density at radius 1 is 1.19 bits per heavy atom. The summed E-state index contributed by atoms with van der Waals surface area (Å²) in [4.78, 5) is 4.59. The number of aromatic nitrogens is 2. The zero-order chi connectivity index (χ0) is 14.6. The largest absolute Gasteiger partial charge is 0.399 e. The fraction of sp³-hybridized carbons (Fsp3) is 0.188. The quantitative estimate of drug-likeness (QED) is 0.712. The molecular formula is C16H13ClFN3. The van der Waals surface area contributed by atoms with Gasteiger partial charge in [0, 0.05) is 23.4 Å². The lowest BCUT2D eigenvalue weighted by Gasteiger charge is -2.09. The molecule has 0 aliphatic heterocycles. The normalized spacial score (nSPS) is 14.8. The van der Waals surface area contributed by atoms with Gasteiger partial charge >= 0.3 is 0 Å². The van der Waals surface area contributed by atoms with Gasteiger partial charge in [0.1, 0.15) is 11.6 Å². The average Bonchev–Trinajstić information content (AvgIpc) is 3.20. The van der Waals surface area contributed by atoms with Gasteiger partial charge < -0.3 is 10.3 Å². The van der Waals surface area contributed by atoms with Crippen LogP contribution in [0.2, 0.25) is 5.02 Å². The molecule has 0 atom stereocenters. The summed E-state index contributed by atoms with van der Waals surface area (Å²) in [5.41, 5.74) is 8.80. The minimum Gasteiger partial charge on any atom is -0.399 e. The minimum absolute atomic E-state index is 0.280. The first kappa shape index (κ1) is 12.7. The molecule has 0 radical (unpaired) electrons. The van der Waals surface area contributed by atoms with E-state index < -0.39 is 0 Å². The van der Waals surface area contributed by atoms with Crippen LogP contribution in [0.3, 0.4) is 0 Å². The van der Waals surface area contributed by atoms with Gasteiger partial charge in [-0.1, -0.05) is 11.6 Å². The summed E-state index contributed by atoms with van der Waals surface area (Å²) in [6.07, 6.45) is 2.23. The van der Waals surface area contributed by atoms with Gasteiger partial charge in [0.25, 0.3) is 0 Å². The predicted molar refractivity (Wildman–Crippen MR) is 82.8 cm³/mol. The summed E-state index contributed by atoms with van der Waals surface area (Å²) in [5, 5.41) is 0.563. The number of fused-ring (bicyclic) bond motifs is 1. The van der Waals surface area contributed by atoms with E-state index in [0.29, 0.717) is 22.3 Å². The molecule has 1 saturated carbocycles. The third kappa shape index (κ3) is 2.07. The fourth-order valence-electron chi connectivity index (χ4n) is 2.68. The van der Waals surface area contributed by atoms with Gasteiger partial charge in [-0.2, -0.15) is 0 Å². The second-order valence-corrected chi connectivity index (χ2v) is 5.82. The fourth-order valence-corrected chi connectivity index (χ4v) is 2.95. The molecule has 4 rings (SSSR count). The number of hydrogen-bond acceptors (Lipinski definition) is 2. The van der Waals surface area contributed by atoms with Crippen LogP contribution in [0, 0.1) is 5.82 Å². The van der Waals surface area contributed by atoms with Crippen molar-refractivity contribution >= 4 is 28.3 Å². The molecule has 2 N–H and O–H groups in total. The van der Waals surface area contributed by atoms with Crippen LogP contribution in [0.1, 0.15) is 18.9 Å². The van der Waals surface area contributed by atoms with E-state index in [4.69, 9.17) is 17.3 Å². The Labute approximate surface area is 126 Å². The van der Waals surface area contributed by atoms with Crippen molar-refractivity contribution in [2.45, 2.75) is 18.9 Å². The predicted octanol–water partition coefficient (Wildman–Crippen LogP) is 4.41. The molecule has 3 aromatic rings. The van der Waals surface area contributed by atoms with Gasteiger partial charge in [0.05, 0.1) is 16.1 Å². The highest BCUT2D eigenvalue weighted by Gasteiger charge is 2.29. The van der Waals surface area contributed by atoms with Crippen LogP contribution in [0.5, 0.6) is 0 Å². The highest BCUT2D eigenvalue weighted by molar-refractivity contribution is 6.33. The van der Waals surface area contributed by atoms with E-state index in [1.807, 2.05) is 6.07 Å². The molecular weight excluding hydrogens is 289 g/mol. The Morgan fingerprint density at radius 3 is 2.71 bits per heavy atom. The molecule has 2 aromatic carbocycles. The number of halogens is 2. The molecule has 1 fully saturated rings. The highest BCUT2D eigenvalue weighted by atomic mass is 35.5. The van der Waals surface area contributed by atoms with Crippen molar-refractivity contribution in [2.24, 2.45) is 0 Å². The number of rotatable bonds is 2. The minimum atomic E-state index is -0.280. The Kier molecular flexibility index (Phi) is 2.69. The van der Waals surface area contributed by atoms with Crippen LogP contribution in [-0.2, 0) is 0 Å². The first-order valence-corrected chi connectivity index (χ1v) is 7.24. The van der Waals surface area contributed by atoms with Gasteiger partial charge in [0.2, 0.25) is 0 Å². The van der Waals surface area contributed by atoms with Crippen molar-refractivity contribution in [3.8, 4) is 11.4 Å². The molecule has 5 heteroatoms. The number of nitrogen functional groups attached to an aromatic ring is 1. The van der Waals surface area contributed by atoms with Crippen LogP contribution in [0.25, 0.3) is 22.4 Å². The monoisotopic (exact) mass is 301 g/mol. The van der Waals surface area contributed by atoms with Gasteiger partial charge in [-0.15, -0.1) is 0 Å². The summed E-state index contributed by atoms with van der Waals surface area (Å²) in [5.74, 6) is 0.501. The van der Waals surface area contributed by atoms with Crippen molar-refractivity contribution in [3.63, 3.8) is 0 Å². The van der Waals surface area contributed by atoms with Crippen LogP contribution in [0.15, 0.2) is 36.4 Å². The molecule has 0 spiro atoms. The molecule has 106 valence electrons. The summed E-state index contributed by atoms with van der Waals surface area (Å²) < 4.78 is 15.6. The summed E-state index contributed by atoms with van der Waals surface area (Å²) >= 11 is 6.31. The highest BCUT2D eigenvalue weighted by Crippen LogP contribution is 2.42. The van der Waals surface area contributed by atoms with Gasteiger partial charge in [-0.05, 0) is 43.2 Å². The van der Waals surface area contributed by atoms with E-state index in [-0.39, 0.29) is 5.82 Å². The van der Waals surface area contributed by atoms with Crippen LogP contribution >= 0.6 is 11.6 Å². The van der Waals surface area contributed by atoms with Crippen LogP contribution in [0.4, 0.5) is 10.1 Å². The molecule has 0 unspecified atom stereocenters. The zero-order valence-electron chi connectivity index (χ0n) is 11.2. The van der Waals surface area contributed by atoms with E-state index in [9.17, 15) is 4.39 Å². The van der Waals surface area contributed by atoms with Gasteiger partial charge in [-0.25, -0.2) is 9.37 Å². The zero-order valence-corrected chi connectivity index (χ0v) is 11.9. The number of imidazole rings is 1. The lowest BCUT2D eigenvalue weighted by Crippen LogP contribution is -1.98. The van der Waals surface area contributed by atoms with Crippen molar-refractivity contribution < 1.29 is 4.39 Å². The second kappa shape index (κ2) is 4.46. The Morgan fingerprint density at radius 2 is 2.00 bits per heavy atom. The standard InChI is InChI=1S/C16H13ClFN3/c17-13-8-10(19)2-5-12(13)16-20-14-7-9(18)1-6-15(14)21(16)11-3-4-11/h1-2,5-8,11H,3-4,19H2. The van der Waals surface area contributed by atoms with Gasteiger partial charge in [0.15, 0.2) is 0 Å². The number of nitrogens with zero attached hydrogens (tertiary/aromatic N) is 2. The third-order valence-electron chi connectivity index (χ3n) is 3.80. The SMILES string of the molecule is Nc1ccc(-c2nc3cc(F)ccc3n2C2CC2)c(Cl)c1. The first-order chi connectivity index (χ1) is 10.1. The third-order valence-corrected chi connectivity index (χ3v) is 4.11. The Balaban J connectivity index is 2.01. The lowest BCUT2D eigenvalue weighted by molar-refractivity contribution is 0.629. The molecule has 1 aliphatic carbocycles. The van der Waals surface area contributed by atoms with Crippen LogP contribution < -0.4 is 5.73 Å². The number of hydrogen-bond donors (Lipinski definition) is 1. The van der Waals surface area contributed by atoms with E-state index in [1.165, 1.54) is 12.1 Å². The van der Waals surface area contributed by atoms with E-state index in [1.54, 1.807) is 18.2 Å². The molecule has 0 amide bonds. The number of anilines is 1. The molecule has 3 nitrogen and oxygen atoms in total. The maximum Gasteiger partial charge on any atom is 0.142 e. The Bertz CT molecular complexity index is 852. The van der Waals surface area contributed by atoms with Crippen molar-refractivity contribution in [3.05, 3.63) is 47.2 Å². The molecule has 0 saturated heterocycles. The summed E-state index contributed by atoms with van der Waals surface area (Å²) in [6, 6.07) is 10.5. The van der Waals surface area contributed by atoms with E-state index in [2.05, 4.69) is 9.55 Å². The Hall–Kier alpha value is -2.07. The second-order valence-electron chi connectivity index (χ2n) is 5.41. The summed E-state index contributed by atoms with van der Waals surface area (Å²) in [7, 11) is 0. The van der Waals surface area contributed by atoms with E-state index >= 15 is 0 Å². The lowest BCUT2D eigenvalue weighted by atomic mass is 10.2. The maximum atomic E-state index is 13.4. The smallest absolute Gasteiger partial charge is 0.142 e. The van der Waals surface area contributed by atoms with E-state index in [0.717, 1.165) is 29.7 Å². The molecule has 1 aliphatic rings. The average molecular weight is 302 g/mol. The van der Waals surface area contributed by atoms with Crippen molar-refractivity contribution in [1.82, 2.24) is 9.55 Å². The first-order valence-electron chi connectivity index (χ1n) is 6.86. The summed E-state index contributed by atoms with van der Waals surface area (Å²) in [6.45, 7) is 0. The molecule has 0 bridgehead atoms. The maximum absolute atomic E-state index is 13.4. The van der Waals surface area contributed by atoms with Crippen LogP contribution in [-0.4, -0.2) is 9.55 Å².